The number of amides is 3. The minimum atomic E-state index is -1.44. The molecule has 2 aliphatic rings. The molecule has 4 atom stereocenters. The van der Waals surface area contributed by atoms with Crippen molar-refractivity contribution in [3.8, 4) is 0 Å². The Bertz CT molecular complexity index is 846. The van der Waals surface area contributed by atoms with Crippen molar-refractivity contribution in [2.24, 2.45) is 0 Å². The van der Waals surface area contributed by atoms with Gasteiger partial charge in [0.2, 0.25) is 0 Å². The van der Waals surface area contributed by atoms with Crippen molar-refractivity contribution in [2.75, 3.05) is 26.2 Å². The zero-order valence-electron chi connectivity index (χ0n) is 19.5. The first-order valence-corrected chi connectivity index (χ1v) is 11.1. The van der Waals surface area contributed by atoms with E-state index in [0.29, 0.717) is 0 Å². The van der Waals surface area contributed by atoms with Crippen LogP contribution in [0.3, 0.4) is 0 Å². The fourth-order valence-corrected chi connectivity index (χ4v) is 3.71. The van der Waals surface area contributed by atoms with Gasteiger partial charge in [0.1, 0.15) is 18.4 Å². The number of morpholine rings is 1. The summed E-state index contributed by atoms with van der Waals surface area (Å²) in [7, 11) is 0. The highest BCUT2D eigenvalue weighted by molar-refractivity contribution is 5.82. The highest BCUT2D eigenvalue weighted by Crippen LogP contribution is 2.19. The van der Waals surface area contributed by atoms with Gasteiger partial charge in [-0.3, -0.25) is 4.79 Å². The molecule has 1 N–H and O–H groups in total. The van der Waals surface area contributed by atoms with Crippen LogP contribution < -0.4 is 5.32 Å². The van der Waals surface area contributed by atoms with Crippen LogP contribution in [-0.2, 0) is 25.6 Å². The molecule has 0 saturated carbocycles. The van der Waals surface area contributed by atoms with Crippen molar-refractivity contribution in [3.63, 3.8) is 0 Å². The number of halogens is 1. The Morgan fingerprint density at radius 3 is 2.39 bits per heavy atom. The third kappa shape index (κ3) is 7.05. The zero-order valence-corrected chi connectivity index (χ0v) is 19.5. The van der Waals surface area contributed by atoms with E-state index >= 15 is 0 Å². The first-order valence-electron chi connectivity index (χ1n) is 11.1. The number of carbonyl (C=O) groups excluding carboxylic acids is 3. The van der Waals surface area contributed by atoms with Crippen LogP contribution in [0.2, 0.25) is 0 Å². The predicted molar refractivity (Wildman–Crippen MR) is 117 cm³/mol. The second-order valence-corrected chi connectivity index (χ2v) is 9.40. The van der Waals surface area contributed by atoms with Gasteiger partial charge < -0.3 is 29.3 Å². The molecule has 9 nitrogen and oxygen atoms in total. The molecule has 2 fully saturated rings. The summed E-state index contributed by atoms with van der Waals surface area (Å²) in [5.41, 5.74) is 0.153. The molecule has 33 heavy (non-hydrogen) atoms. The summed E-state index contributed by atoms with van der Waals surface area (Å²) >= 11 is 0. The molecule has 0 spiro atoms. The van der Waals surface area contributed by atoms with Crippen LogP contribution in [0, 0.1) is 0 Å². The van der Waals surface area contributed by atoms with Crippen LogP contribution >= 0.6 is 0 Å². The summed E-state index contributed by atoms with van der Waals surface area (Å²) in [6.07, 6.45) is -3.99. The van der Waals surface area contributed by atoms with Gasteiger partial charge in [0, 0.05) is 6.54 Å². The molecule has 2 saturated heterocycles. The van der Waals surface area contributed by atoms with E-state index < -0.39 is 48.1 Å². The van der Waals surface area contributed by atoms with Gasteiger partial charge in [-0.1, -0.05) is 30.3 Å². The standard InChI is InChI=1S/C23H32FN3O6/c1-15-10-26(21(29)31-14-16-8-6-5-7-9-16)13-19(32-15)20(28)25-18-12-27(11-17(18)24)22(30)33-23(2,3)4/h5-9,15,17-19H,10-14H2,1-4H3,(H,25,28)/t15-,17+,18-,19-/m1/s1. The number of rotatable bonds is 4. The first-order chi connectivity index (χ1) is 15.5. The molecule has 3 rings (SSSR count). The van der Waals surface area contributed by atoms with E-state index in [1.54, 1.807) is 27.7 Å². The Morgan fingerprint density at radius 1 is 1.06 bits per heavy atom. The van der Waals surface area contributed by atoms with E-state index in [9.17, 15) is 18.8 Å². The molecule has 1 aromatic rings. The van der Waals surface area contributed by atoms with Crippen LogP contribution in [0.15, 0.2) is 30.3 Å². The van der Waals surface area contributed by atoms with E-state index in [4.69, 9.17) is 14.2 Å². The number of likely N-dealkylation sites (tertiary alicyclic amines) is 1. The molecule has 0 aliphatic carbocycles. The topological polar surface area (TPSA) is 97.4 Å². The molecule has 1 aromatic carbocycles. The maximum absolute atomic E-state index is 14.5. The summed E-state index contributed by atoms with van der Waals surface area (Å²) in [5, 5.41) is 2.62. The van der Waals surface area contributed by atoms with E-state index in [-0.39, 0.29) is 32.8 Å². The number of benzene rings is 1. The second kappa shape index (κ2) is 10.4. The van der Waals surface area contributed by atoms with Crippen molar-refractivity contribution >= 4 is 18.1 Å². The molecular weight excluding hydrogens is 433 g/mol. The first kappa shape index (κ1) is 24.8. The molecular formula is C23H32FN3O6. The number of hydrogen-bond donors (Lipinski definition) is 1. The Hall–Kier alpha value is -2.88. The molecule has 2 heterocycles. The van der Waals surface area contributed by atoms with Crippen molar-refractivity contribution in [3.05, 3.63) is 35.9 Å². The Balaban J connectivity index is 1.52. The van der Waals surface area contributed by atoms with Gasteiger partial charge in [0.15, 0.2) is 6.10 Å². The number of nitrogens with one attached hydrogen (secondary N) is 1. The van der Waals surface area contributed by atoms with Gasteiger partial charge in [0.05, 0.1) is 31.8 Å². The lowest BCUT2D eigenvalue weighted by atomic mass is 10.2. The van der Waals surface area contributed by atoms with Gasteiger partial charge in [-0.25, -0.2) is 14.0 Å². The molecule has 0 bridgehead atoms. The van der Waals surface area contributed by atoms with Crippen LogP contribution in [0.25, 0.3) is 0 Å². The molecule has 3 amide bonds. The lowest BCUT2D eigenvalue weighted by molar-refractivity contribution is -0.145. The number of ether oxygens (including phenoxy) is 3. The molecule has 0 radical (unpaired) electrons. The van der Waals surface area contributed by atoms with Gasteiger partial charge in [-0.15, -0.1) is 0 Å². The number of nitrogens with zero attached hydrogens (tertiary/aromatic N) is 2. The van der Waals surface area contributed by atoms with Crippen LogP contribution in [0.1, 0.15) is 33.3 Å². The van der Waals surface area contributed by atoms with Gasteiger partial charge in [0.25, 0.3) is 5.91 Å². The normalized spacial score (nSPS) is 25.5. The fourth-order valence-electron chi connectivity index (χ4n) is 3.71. The largest absolute Gasteiger partial charge is 0.445 e. The smallest absolute Gasteiger partial charge is 0.410 e. The van der Waals surface area contributed by atoms with E-state index in [2.05, 4.69) is 5.32 Å². The lowest BCUT2D eigenvalue weighted by Gasteiger charge is -2.35. The zero-order chi connectivity index (χ0) is 24.2. The quantitative estimate of drug-likeness (QED) is 0.734. The number of alkyl halides is 1. The summed E-state index contributed by atoms with van der Waals surface area (Å²) in [5.74, 6) is -0.541. The molecule has 10 heteroatoms. The third-order valence-electron chi connectivity index (χ3n) is 5.24. The van der Waals surface area contributed by atoms with Gasteiger partial charge in [-0.05, 0) is 33.3 Å². The van der Waals surface area contributed by atoms with Crippen molar-refractivity contribution in [1.29, 1.82) is 0 Å². The van der Waals surface area contributed by atoms with Gasteiger partial charge in [-0.2, -0.15) is 0 Å². The van der Waals surface area contributed by atoms with Crippen molar-refractivity contribution in [1.82, 2.24) is 15.1 Å². The molecule has 2 aliphatic heterocycles. The van der Waals surface area contributed by atoms with E-state index in [0.717, 1.165) is 5.56 Å². The lowest BCUT2D eigenvalue weighted by Crippen LogP contribution is -2.56. The Morgan fingerprint density at radius 2 is 1.73 bits per heavy atom. The Labute approximate surface area is 193 Å². The summed E-state index contributed by atoms with van der Waals surface area (Å²) in [4.78, 5) is 40.1. The summed E-state index contributed by atoms with van der Waals surface area (Å²) in [6.45, 7) is 7.14. The maximum atomic E-state index is 14.5. The van der Waals surface area contributed by atoms with E-state index in [1.165, 1.54) is 9.80 Å². The van der Waals surface area contributed by atoms with Gasteiger partial charge >= 0.3 is 12.2 Å². The Kier molecular flexibility index (Phi) is 7.78. The average Bonchev–Trinajstić information content (AvgIpc) is 3.11. The SMILES string of the molecule is C[C@@H]1CN(C(=O)OCc2ccccc2)C[C@H](C(=O)N[C@@H]2CN(C(=O)OC(C)(C)C)C[C@@H]2F)O1. The highest BCUT2D eigenvalue weighted by Gasteiger charge is 2.40. The third-order valence-corrected chi connectivity index (χ3v) is 5.24. The number of hydrogen-bond acceptors (Lipinski definition) is 6. The van der Waals surface area contributed by atoms with Crippen LogP contribution in [0.5, 0.6) is 0 Å². The maximum Gasteiger partial charge on any atom is 0.410 e. The second-order valence-electron chi connectivity index (χ2n) is 9.40. The minimum absolute atomic E-state index is 0.00702. The predicted octanol–water partition coefficient (Wildman–Crippen LogP) is 2.49. The van der Waals surface area contributed by atoms with Crippen molar-refractivity contribution < 1.29 is 33.0 Å². The van der Waals surface area contributed by atoms with E-state index in [1.807, 2.05) is 30.3 Å². The minimum Gasteiger partial charge on any atom is -0.445 e. The fraction of sp³-hybridized carbons (Fsp3) is 0.609. The average molecular weight is 466 g/mol. The summed E-state index contributed by atoms with van der Waals surface area (Å²) in [6, 6.07) is 8.39. The monoisotopic (exact) mass is 465 g/mol. The molecule has 0 unspecified atom stereocenters. The molecule has 182 valence electrons. The molecule has 0 aromatic heterocycles. The van der Waals surface area contributed by atoms with Crippen LogP contribution in [0.4, 0.5) is 14.0 Å². The van der Waals surface area contributed by atoms with Crippen LogP contribution in [-0.4, -0.2) is 84.1 Å². The highest BCUT2D eigenvalue weighted by atomic mass is 19.1. The van der Waals surface area contributed by atoms with Crippen molar-refractivity contribution in [2.45, 2.75) is 64.3 Å². The summed E-state index contributed by atoms with van der Waals surface area (Å²) < 4.78 is 30.8. The number of carbonyl (C=O) groups is 3.